The minimum atomic E-state index is -0.176. The Hall–Kier alpha value is -1.06. The summed E-state index contributed by atoms with van der Waals surface area (Å²) in [6, 6.07) is 13.1. The smallest absolute Gasteiger partial charge is 0.123 e. The molecule has 1 nitrogen and oxygen atoms in total. The van der Waals surface area contributed by atoms with E-state index in [4.69, 9.17) is 11.6 Å². The third-order valence-corrected chi connectivity index (χ3v) is 4.58. The van der Waals surface area contributed by atoms with Gasteiger partial charge in [0.15, 0.2) is 0 Å². The van der Waals surface area contributed by atoms with Crippen molar-refractivity contribution in [2.75, 3.05) is 5.32 Å². The van der Waals surface area contributed by atoms with Gasteiger partial charge in [-0.15, -0.1) is 0 Å². The van der Waals surface area contributed by atoms with Crippen LogP contribution in [0, 0.1) is 5.82 Å². The average Bonchev–Trinajstić information content (AvgIpc) is 2.37. The van der Waals surface area contributed by atoms with Crippen molar-refractivity contribution in [1.82, 2.24) is 0 Å². The second-order valence-electron chi connectivity index (χ2n) is 5.19. The molecule has 4 heteroatoms. The van der Waals surface area contributed by atoms with Crippen LogP contribution in [0.4, 0.5) is 10.1 Å². The molecule has 0 aliphatic heterocycles. The summed E-state index contributed by atoms with van der Waals surface area (Å²) in [6.07, 6.45) is 2.11. The molecule has 2 aromatic rings. The van der Waals surface area contributed by atoms with Gasteiger partial charge in [0.2, 0.25) is 0 Å². The Morgan fingerprint density at radius 1 is 1.10 bits per heavy atom. The van der Waals surface area contributed by atoms with Gasteiger partial charge >= 0.3 is 0 Å². The van der Waals surface area contributed by atoms with Gasteiger partial charge in [-0.25, -0.2) is 4.39 Å². The fraction of sp³-hybridized carbons (Fsp3) is 0.250. The molecule has 0 radical (unpaired) electrons. The van der Waals surface area contributed by atoms with Gasteiger partial charge in [0.05, 0.1) is 10.7 Å². The first kappa shape index (κ1) is 13.9. The first-order valence-electron chi connectivity index (χ1n) is 6.59. The third-order valence-electron chi connectivity index (χ3n) is 3.77. The van der Waals surface area contributed by atoms with Crippen molar-refractivity contribution in [1.29, 1.82) is 0 Å². The second kappa shape index (κ2) is 5.74. The van der Waals surface area contributed by atoms with Crippen LogP contribution in [0.5, 0.6) is 0 Å². The van der Waals surface area contributed by atoms with Gasteiger partial charge in [0, 0.05) is 10.5 Å². The van der Waals surface area contributed by atoms with Crippen molar-refractivity contribution in [3.8, 4) is 0 Å². The van der Waals surface area contributed by atoms with E-state index in [9.17, 15) is 4.39 Å². The highest BCUT2D eigenvalue weighted by molar-refractivity contribution is 9.10. The van der Waals surface area contributed by atoms with Crippen LogP contribution in [0.3, 0.4) is 0 Å². The van der Waals surface area contributed by atoms with Crippen LogP contribution in [0.1, 0.15) is 24.3 Å². The molecule has 0 bridgehead atoms. The monoisotopic (exact) mass is 353 g/mol. The van der Waals surface area contributed by atoms with Gasteiger partial charge in [-0.05, 0) is 54.7 Å². The topological polar surface area (TPSA) is 12.0 Å². The van der Waals surface area contributed by atoms with Crippen LogP contribution < -0.4 is 5.32 Å². The van der Waals surface area contributed by atoms with E-state index >= 15 is 0 Å². The van der Waals surface area contributed by atoms with Crippen molar-refractivity contribution in [2.45, 2.75) is 24.8 Å². The predicted molar refractivity (Wildman–Crippen MR) is 84.9 cm³/mol. The van der Waals surface area contributed by atoms with E-state index in [2.05, 4.69) is 21.2 Å². The molecular formula is C16H14BrClFN. The van der Waals surface area contributed by atoms with Crippen LogP contribution >= 0.6 is 27.5 Å². The van der Waals surface area contributed by atoms with Crippen molar-refractivity contribution >= 4 is 33.2 Å². The number of rotatable bonds is 3. The van der Waals surface area contributed by atoms with Gasteiger partial charge in [-0.1, -0.05) is 39.7 Å². The summed E-state index contributed by atoms with van der Waals surface area (Å²) >= 11 is 9.59. The molecule has 20 heavy (non-hydrogen) atoms. The number of hydrogen-bond acceptors (Lipinski definition) is 1. The zero-order valence-electron chi connectivity index (χ0n) is 10.7. The Balaban J connectivity index is 1.59. The Morgan fingerprint density at radius 2 is 1.80 bits per heavy atom. The van der Waals surface area contributed by atoms with Gasteiger partial charge in [0.25, 0.3) is 0 Å². The largest absolute Gasteiger partial charge is 0.381 e. The summed E-state index contributed by atoms with van der Waals surface area (Å²) in [7, 11) is 0. The van der Waals surface area contributed by atoms with E-state index in [0.29, 0.717) is 12.0 Å². The van der Waals surface area contributed by atoms with Crippen LogP contribution in [0.25, 0.3) is 0 Å². The number of hydrogen-bond donors (Lipinski definition) is 1. The SMILES string of the molecule is Fc1ccc(C2CC(Nc3ccc(Br)cc3Cl)C2)cc1. The zero-order chi connectivity index (χ0) is 14.1. The standard InChI is InChI=1S/C16H14BrClFN/c17-12-3-6-16(15(18)9-12)20-14-7-11(8-14)10-1-4-13(19)5-2-10/h1-6,9,11,14,20H,7-8H2. The van der Waals surface area contributed by atoms with E-state index in [0.717, 1.165) is 28.0 Å². The van der Waals surface area contributed by atoms with Gasteiger partial charge in [-0.2, -0.15) is 0 Å². The summed E-state index contributed by atoms with van der Waals surface area (Å²) in [5.41, 5.74) is 2.18. The minimum Gasteiger partial charge on any atom is -0.381 e. The molecule has 1 fully saturated rings. The van der Waals surface area contributed by atoms with E-state index in [1.807, 2.05) is 30.3 Å². The summed E-state index contributed by atoms with van der Waals surface area (Å²) in [5.74, 6) is 0.340. The van der Waals surface area contributed by atoms with E-state index in [1.165, 1.54) is 17.7 Å². The first-order chi connectivity index (χ1) is 9.61. The molecule has 0 heterocycles. The third kappa shape index (κ3) is 2.99. The lowest BCUT2D eigenvalue weighted by atomic mass is 9.76. The molecule has 1 saturated carbocycles. The van der Waals surface area contributed by atoms with Crippen LogP contribution in [-0.4, -0.2) is 6.04 Å². The van der Waals surface area contributed by atoms with Crippen molar-refractivity contribution in [2.24, 2.45) is 0 Å². The maximum absolute atomic E-state index is 12.9. The zero-order valence-corrected chi connectivity index (χ0v) is 13.1. The molecular weight excluding hydrogens is 341 g/mol. The Morgan fingerprint density at radius 3 is 2.45 bits per heavy atom. The number of nitrogens with one attached hydrogen (secondary N) is 1. The molecule has 1 N–H and O–H groups in total. The molecule has 3 rings (SSSR count). The van der Waals surface area contributed by atoms with Gasteiger partial charge < -0.3 is 5.32 Å². The van der Waals surface area contributed by atoms with Crippen LogP contribution in [0.2, 0.25) is 5.02 Å². The maximum atomic E-state index is 12.9. The Kier molecular flexibility index (Phi) is 3.99. The summed E-state index contributed by atoms with van der Waals surface area (Å²) in [4.78, 5) is 0. The van der Waals surface area contributed by atoms with Gasteiger partial charge in [0.1, 0.15) is 5.82 Å². The second-order valence-corrected chi connectivity index (χ2v) is 6.51. The average molecular weight is 355 g/mol. The number of anilines is 1. The molecule has 2 aromatic carbocycles. The van der Waals surface area contributed by atoms with Crippen molar-refractivity contribution in [3.05, 3.63) is 63.3 Å². The molecule has 0 spiro atoms. The van der Waals surface area contributed by atoms with Crippen molar-refractivity contribution < 1.29 is 4.39 Å². The predicted octanol–water partition coefficient (Wildman–Crippen LogP) is 5.60. The molecule has 0 atom stereocenters. The lowest BCUT2D eigenvalue weighted by Crippen LogP contribution is -2.34. The molecule has 0 aromatic heterocycles. The number of halogens is 3. The van der Waals surface area contributed by atoms with Crippen LogP contribution in [0.15, 0.2) is 46.9 Å². The summed E-state index contributed by atoms with van der Waals surface area (Å²) in [5, 5.41) is 4.18. The van der Waals surface area contributed by atoms with Crippen molar-refractivity contribution in [3.63, 3.8) is 0 Å². The summed E-state index contributed by atoms with van der Waals surface area (Å²) in [6.45, 7) is 0. The fourth-order valence-electron chi connectivity index (χ4n) is 2.57. The Labute approximate surface area is 131 Å². The first-order valence-corrected chi connectivity index (χ1v) is 7.76. The lowest BCUT2D eigenvalue weighted by molar-refractivity contribution is 0.374. The normalized spacial score (nSPS) is 21.4. The van der Waals surface area contributed by atoms with E-state index in [1.54, 1.807) is 0 Å². The quantitative estimate of drug-likeness (QED) is 0.756. The minimum absolute atomic E-state index is 0.176. The molecule has 0 saturated heterocycles. The molecule has 0 amide bonds. The molecule has 1 aliphatic carbocycles. The Bertz CT molecular complexity index is 608. The van der Waals surface area contributed by atoms with Gasteiger partial charge in [-0.3, -0.25) is 0 Å². The van der Waals surface area contributed by atoms with Crippen LogP contribution in [-0.2, 0) is 0 Å². The van der Waals surface area contributed by atoms with E-state index in [-0.39, 0.29) is 5.82 Å². The summed E-state index contributed by atoms with van der Waals surface area (Å²) < 4.78 is 13.9. The lowest BCUT2D eigenvalue weighted by Gasteiger charge is -2.37. The molecule has 104 valence electrons. The van der Waals surface area contributed by atoms with E-state index < -0.39 is 0 Å². The molecule has 0 unspecified atom stereocenters. The maximum Gasteiger partial charge on any atom is 0.123 e. The fourth-order valence-corrected chi connectivity index (χ4v) is 3.30. The highest BCUT2D eigenvalue weighted by Gasteiger charge is 2.30. The molecule has 1 aliphatic rings. The highest BCUT2D eigenvalue weighted by Crippen LogP contribution is 2.39. The highest BCUT2D eigenvalue weighted by atomic mass is 79.9. The number of benzene rings is 2.